The van der Waals surface area contributed by atoms with Crippen molar-refractivity contribution in [1.82, 2.24) is 4.98 Å². The van der Waals surface area contributed by atoms with Gasteiger partial charge in [0.1, 0.15) is 10.6 Å². The fourth-order valence-electron chi connectivity index (χ4n) is 3.17. The maximum Gasteiger partial charge on any atom is 0.263 e. The zero-order valence-corrected chi connectivity index (χ0v) is 21.1. The topological polar surface area (TPSA) is 68.3 Å². The molecular weight excluding hydrogens is 526 g/mol. The molecule has 10 heteroatoms. The molecule has 0 aliphatic carbocycles. The Hall–Kier alpha value is -2.22. The molecular formula is C23H16Cl4N2O3S. The molecule has 0 radical (unpaired) electrons. The normalized spacial score (nSPS) is 11.6. The Morgan fingerprint density at radius 3 is 2.24 bits per heavy atom. The summed E-state index contributed by atoms with van der Waals surface area (Å²) in [6.07, 6.45) is 1.56. The quantitative estimate of drug-likeness (QED) is 0.277. The first-order valence-corrected chi connectivity index (χ1v) is 12.5. The summed E-state index contributed by atoms with van der Waals surface area (Å²) in [7, 11) is -4.03. The van der Waals surface area contributed by atoms with E-state index < -0.39 is 10.0 Å². The Morgan fingerprint density at radius 2 is 1.55 bits per heavy atom. The molecule has 1 heterocycles. The van der Waals surface area contributed by atoms with E-state index in [2.05, 4.69) is 9.71 Å². The lowest BCUT2D eigenvalue weighted by Crippen LogP contribution is -2.14. The molecule has 0 atom stereocenters. The number of halogens is 4. The second kappa shape index (κ2) is 9.20. The first-order chi connectivity index (χ1) is 15.5. The molecule has 170 valence electrons. The van der Waals surface area contributed by atoms with Gasteiger partial charge in [0.2, 0.25) is 0 Å². The van der Waals surface area contributed by atoms with E-state index in [4.69, 9.17) is 51.1 Å². The molecule has 5 nitrogen and oxygen atoms in total. The highest BCUT2D eigenvalue weighted by molar-refractivity contribution is 7.92. The van der Waals surface area contributed by atoms with E-state index in [0.29, 0.717) is 16.3 Å². The van der Waals surface area contributed by atoms with Gasteiger partial charge in [-0.25, -0.2) is 8.42 Å². The average Bonchev–Trinajstić information content (AvgIpc) is 2.72. The number of fused-ring (bicyclic) bond motifs is 1. The van der Waals surface area contributed by atoms with Crippen LogP contribution in [0.2, 0.25) is 20.1 Å². The van der Waals surface area contributed by atoms with Crippen molar-refractivity contribution in [3.63, 3.8) is 0 Å². The van der Waals surface area contributed by atoms with Gasteiger partial charge in [-0.15, -0.1) is 0 Å². The van der Waals surface area contributed by atoms with Crippen LogP contribution in [0, 0.1) is 13.8 Å². The van der Waals surface area contributed by atoms with Gasteiger partial charge in [-0.1, -0.05) is 58.0 Å². The lowest BCUT2D eigenvalue weighted by molar-refractivity contribution is 0.482. The second-order valence-corrected chi connectivity index (χ2v) is 10.7. The van der Waals surface area contributed by atoms with Gasteiger partial charge in [0.15, 0.2) is 5.75 Å². The van der Waals surface area contributed by atoms with Gasteiger partial charge < -0.3 is 4.74 Å². The number of ether oxygens (including phenoxy) is 1. The molecule has 0 unspecified atom stereocenters. The van der Waals surface area contributed by atoms with Crippen LogP contribution in [0.4, 0.5) is 5.69 Å². The molecule has 1 aromatic heterocycles. The predicted octanol–water partition coefficient (Wildman–Crippen LogP) is 8.06. The molecule has 0 bridgehead atoms. The summed E-state index contributed by atoms with van der Waals surface area (Å²) in [5.74, 6) is 0.615. The molecule has 0 saturated carbocycles. The third-order valence-electron chi connectivity index (χ3n) is 4.78. The number of sulfonamides is 1. The van der Waals surface area contributed by atoms with Gasteiger partial charge in [0.25, 0.3) is 10.0 Å². The molecule has 0 saturated heterocycles. The third kappa shape index (κ3) is 5.15. The molecule has 3 aromatic carbocycles. The number of hydrogen-bond donors (Lipinski definition) is 1. The number of nitrogens with zero attached hydrogens (tertiary/aromatic N) is 1. The predicted molar refractivity (Wildman–Crippen MR) is 135 cm³/mol. The van der Waals surface area contributed by atoms with Gasteiger partial charge >= 0.3 is 0 Å². The Kier molecular flexibility index (Phi) is 6.67. The fourth-order valence-corrected chi connectivity index (χ4v) is 5.61. The lowest BCUT2D eigenvalue weighted by atomic mass is 10.1. The summed E-state index contributed by atoms with van der Waals surface area (Å²) in [6, 6.07) is 13.3. The van der Waals surface area contributed by atoms with Crippen LogP contribution in [0.25, 0.3) is 10.9 Å². The number of rotatable bonds is 5. The van der Waals surface area contributed by atoms with E-state index in [1.54, 1.807) is 13.1 Å². The van der Waals surface area contributed by atoms with Crippen molar-refractivity contribution in [2.24, 2.45) is 0 Å². The van der Waals surface area contributed by atoms with Crippen LogP contribution in [0.1, 0.15) is 11.1 Å². The lowest BCUT2D eigenvalue weighted by Gasteiger charge is -2.14. The SMILES string of the molecule is Cc1ccc2ncc(Oc3c(Cl)cc(NS(=O)(=O)c4cc(C)c(Cl)cc4Cl)cc3Cl)cc2c1. The molecule has 1 N–H and O–H groups in total. The minimum absolute atomic E-state index is 0.00529. The number of hydrogen-bond acceptors (Lipinski definition) is 4. The number of benzene rings is 3. The Bertz CT molecular complexity index is 1480. The monoisotopic (exact) mass is 540 g/mol. The minimum Gasteiger partial charge on any atom is -0.453 e. The van der Waals surface area contributed by atoms with Crippen molar-refractivity contribution in [1.29, 1.82) is 0 Å². The third-order valence-corrected chi connectivity index (χ3v) is 7.60. The van der Waals surface area contributed by atoms with Gasteiger partial charge in [-0.3, -0.25) is 9.71 Å². The molecule has 33 heavy (non-hydrogen) atoms. The summed E-state index contributed by atoms with van der Waals surface area (Å²) >= 11 is 24.9. The first kappa shape index (κ1) is 23.9. The number of anilines is 1. The Morgan fingerprint density at radius 1 is 0.848 bits per heavy atom. The zero-order chi connectivity index (χ0) is 23.9. The summed E-state index contributed by atoms with van der Waals surface area (Å²) in [5.41, 5.74) is 2.63. The van der Waals surface area contributed by atoms with Crippen LogP contribution in [-0.2, 0) is 10.0 Å². The molecule has 0 spiro atoms. The van der Waals surface area contributed by atoms with Crippen molar-refractivity contribution in [3.8, 4) is 11.5 Å². The van der Waals surface area contributed by atoms with Gasteiger partial charge in [0.05, 0.1) is 32.5 Å². The molecule has 0 aliphatic heterocycles. The van der Waals surface area contributed by atoms with Crippen LogP contribution < -0.4 is 9.46 Å². The maximum absolute atomic E-state index is 12.9. The van der Waals surface area contributed by atoms with E-state index in [0.717, 1.165) is 16.5 Å². The van der Waals surface area contributed by atoms with E-state index in [-0.39, 0.29) is 31.4 Å². The molecule has 0 aliphatic rings. The van der Waals surface area contributed by atoms with E-state index in [9.17, 15) is 8.42 Å². The Labute approximate surface area is 211 Å². The highest BCUT2D eigenvalue weighted by atomic mass is 35.5. The highest BCUT2D eigenvalue weighted by Crippen LogP contribution is 2.40. The molecule has 4 aromatic rings. The van der Waals surface area contributed by atoms with E-state index in [1.807, 2.05) is 31.2 Å². The number of nitrogens with one attached hydrogen (secondary N) is 1. The van der Waals surface area contributed by atoms with Crippen LogP contribution >= 0.6 is 46.4 Å². The number of pyridine rings is 1. The summed E-state index contributed by atoms with van der Waals surface area (Å²) < 4.78 is 34.0. The Balaban J connectivity index is 1.63. The van der Waals surface area contributed by atoms with Crippen molar-refractivity contribution >= 4 is 73.0 Å². The van der Waals surface area contributed by atoms with Crippen molar-refractivity contribution in [2.45, 2.75) is 18.7 Å². The summed E-state index contributed by atoms with van der Waals surface area (Å²) in [5, 5.41) is 1.49. The van der Waals surface area contributed by atoms with Gasteiger partial charge in [0, 0.05) is 10.4 Å². The molecule has 0 amide bonds. The van der Waals surface area contributed by atoms with Crippen LogP contribution in [0.3, 0.4) is 0 Å². The molecule has 4 rings (SSSR count). The number of aromatic nitrogens is 1. The molecule has 0 fully saturated rings. The van der Waals surface area contributed by atoms with Crippen molar-refractivity contribution in [2.75, 3.05) is 4.72 Å². The standard InChI is InChI=1S/C23H16Cl4N2O3S/c1-12-3-4-21-14(5-12)7-16(11-28-21)32-23-19(26)8-15(9-20(23)27)29-33(30,31)22-6-13(2)17(24)10-18(22)25/h3-11,29H,1-2H3. The zero-order valence-electron chi connectivity index (χ0n) is 17.3. The smallest absolute Gasteiger partial charge is 0.263 e. The van der Waals surface area contributed by atoms with Gasteiger partial charge in [-0.2, -0.15) is 0 Å². The minimum atomic E-state index is -4.03. The van der Waals surface area contributed by atoms with E-state index in [1.165, 1.54) is 24.3 Å². The number of aryl methyl sites for hydroxylation is 2. The van der Waals surface area contributed by atoms with E-state index >= 15 is 0 Å². The first-order valence-electron chi connectivity index (χ1n) is 9.55. The largest absolute Gasteiger partial charge is 0.453 e. The summed E-state index contributed by atoms with van der Waals surface area (Å²) in [6.45, 7) is 3.67. The second-order valence-electron chi connectivity index (χ2n) is 7.38. The van der Waals surface area contributed by atoms with Crippen molar-refractivity contribution in [3.05, 3.63) is 85.9 Å². The van der Waals surface area contributed by atoms with Crippen molar-refractivity contribution < 1.29 is 13.2 Å². The summed E-state index contributed by atoms with van der Waals surface area (Å²) in [4.78, 5) is 4.26. The van der Waals surface area contributed by atoms with Crippen LogP contribution in [0.15, 0.2) is 59.6 Å². The average molecular weight is 542 g/mol. The van der Waals surface area contributed by atoms with Crippen LogP contribution in [-0.4, -0.2) is 13.4 Å². The van der Waals surface area contributed by atoms with Gasteiger partial charge in [-0.05, 0) is 61.9 Å². The fraction of sp³-hybridized carbons (Fsp3) is 0.0870. The maximum atomic E-state index is 12.9. The highest BCUT2D eigenvalue weighted by Gasteiger charge is 2.21. The van der Waals surface area contributed by atoms with Crippen LogP contribution in [0.5, 0.6) is 11.5 Å².